The van der Waals surface area contributed by atoms with Crippen LogP contribution < -0.4 is 11.1 Å². The van der Waals surface area contributed by atoms with Crippen molar-refractivity contribution in [2.45, 2.75) is 38.3 Å². The summed E-state index contributed by atoms with van der Waals surface area (Å²) in [7, 11) is 0. The lowest BCUT2D eigenvalue weighted by Gasteiger charge is -2.35. The summed E-state index contributed by atoms with van der Waals surface area (Å²) in [5, 5.41) is 5.87. The second-order valence-corrected chi connectivity index (χ2v) is 6.56. The Balaban J connectivity index is 1.88. The van der Waals surface area contributed by atoms with Crippen LogP contribution in [-0.2, 0) is 11.3 Å². The van der Waals surface area contributed by atoms with E-state index in [9.17, 15) is 4.79 Å². The molecule has 1 fully saturated rings. The van der Waals surface area contributed by atoms with Gasteiger partial charge >= 0.3 is 0 Å². The molecular formula is C14H22ClN3OS. The van der Waals surface area contributed by atoms with Gasteiger partial charge in [-0.25, -0.2) is 0 Å². The first-order chi connectivity index (χ1) is 9.70. The summed E-state index contributed by atoms with van der Waals surface area (Å²) in [6, 6.07) is 2.35. The third-order valence-corrected chi connectivity index (χ3v) is 5.06. The first kappa shape index (κ1) is 15.8. The maximum Gasteiger partial charge on any atom is 0.221 e. The highest BCUT2D eigenvalue weighted by Gasteiger charge is 2.23. The van der Waals surface area contributed by atoms with Crippen molar-refractivity contribution >= 4 is 28.8 Å². The molecule has 1 atom stereocenters. The SMILES string of the molecule is NCCC(=O)NCC1CCCCN1Cc1sccc1Cl. The van der Waals surface area contributed by atoms with Crippen LogP contribution in [0.5, 0.6) is 0 Å². The molecule has 0 radical (unpaired) electrons. The third-order valence-electron chi connectivity index (χ3n) is 3.69. The van der Waals surface area contributed by atoms with Crippen LogP contribution in [0.3, 0.4) is 0 Å². The van der Waals surface area contributed by atoms with Gasteiger partial charge in [0, 0.05) is 37.0 Å². The zero-order chi connectivity index (χ0) is 14.4. The second-order valence-electron chi connectivity index (χ2n) is 5.15. The highest BCUT2D eigenvalue weighted by Crippen LogP contribution is 2.26. The normalized spacial score (nSPS) is 20.0. The largest absolute Gasteiger partial charge is 0.354 e. The van der Waals surface area contributed by atoms with Crippen LogP contribution in [0.4, 0.5) is 0 Å². The van der Waals surface area contributed by atoms with Crippen molar-refractivity contribution in [1.82, 2.24) is 10.2 Å². The predicted octanol–water partition coefficient (Wildman–Crippen LogP) is 2.22. The Morgan fingerprint density at radius 2 is 2.40 bits per heavy atom. The number of rotatable bonds is 6. The van der Waals surface area contributed by atoms with Crippen molar-refractivity contribution in [3.05, 3.63) is 21.3 Å². The average molecular weight is 316 g/mol. The lowest BCUT2D eigenvalue weighted by molar-refractivity contribution is -0.121. The second kappa shape index (κ2) is 7.98. The number of hydrogen-bond acceptors (Lipinski definition) is 4. The molecule has 1 saturated heterocycles. The Kier molecular flexibility index (Phi) is 6.29. The van der Waals surface area contributed by atoms with Crippen molar-refractivity contribution in [2.75, 3.05) is 19.6 Å². The smallest absolute Gasteiger partial charge is 0.221 e. The maximum atomic E-state index is 11.5. The summed E-state index contributed by atoms with van der Waals surface area (Å²) in [5.74, 6) is 0.0483. The highest BCUT2D eigenvalue weighted by molar-refractivity contribution is 7.10. The number of nitrogens with one attached hydrogen (secondary N) is 1. The molecule has 0 aromatic carbocycles. The van der Waals surface area contributed by atoms with Crippen LogP contribution in [0, 0.1) is 0 Å². The average Bonchev–Trinajstić information content (AvgIpc) is 2.84. The highest BCUT2D eigenvalue weighted by atomic mass is 35.5. The van der Waals surface area contributed by atoms with E-state index in [0.29, 0.717) is 25.6 Å². The van der Waals surface area contributed by atoms with Crippen molar-refractivity contribution in [3.63, 3.8) is 0 Å². The fourth-order valence-electron chi connectivity index (χ4n) is 2.57. The number of amides is 1. The number of likely N-dealkylation sites (tertiary alicyclic amines) is 1. The van der Waals surface area contributed by atoms with Gasteiger partial charge < -0.3 is 11.1 Å². The zero-order valence-corrected chi connectivity index (χ0v) is 13.2. The number of piperidine rings is 1. The number of carbonyl (C=O) groups excluding carboxylic acids is 1. The van der Waals surface area contributed by atoms with Crippen LogP contribution >= 0.6 is 22.9 Å². The summed E-state index contributed by atoms with van der Waals surface area (Å²) in [6.45, 7) is 3.08. The molecule has 1 unspecified atom stereocenters. The minimum Gasteiger partial charge on any atom is -0.354 e. The van der Waals surface area contributed by atoms with Crippen molar-refractivity contribution < 1.29 is 4.79 Å². The molecular weight excluding hydrogens is 294 g/mol. The van der Waals surface area contributed by atoms with E-state index in [1.165, 1.54) is 17.7 Å². The molecule has 112 valence electrons. The molecule has 1 amide bonds. The van der Waals surface area contributed by atoms with E-state index in [1.807, 2.05) is 11.4 Å². The number of carbonyl (C=O) groups is 1. The van der Waals surface area contributed by atoms with Gasteiger partial charge in [0.1, 0.15) is 0 Å². The predicted molar refractivity (Wildman–Crippen MR) is 84.1 cm³/mol. The topological polar surface area (TPSA) is 58.4 Å². The lowest BCUT2D eigenvalue weighted by atomic mass is 10.0. The molecule has 0 saturated carbocycles. The van der Waals surface area contributed by atoms with E-state index in [2.05, 4.69) is 10.2 Å². The molecule has 3 N–H and O–H groups in total. The standard InChI is InChI=1S/C14H22ClN3OS/c15-12-5-8-20-13(12)10-18-7-2-1-3-11(18)9-17-14(19)4-6-16/h5,8,11H,1-4,6-7,9-10,16H2,(H,17,19). The minimum atomic E-state index is 0.0483. The molecule has 6 heteroatoms. The third kappa shape index (κ3) is 4.45. The Bertz CT molecular complexity index is 438. The Morgan fingerprint density at radius 3 is 3.10 bits per heavy atom. The summed E-state index contributed by atoms with van der Waals surface area (Å²) in [5.41, 5.74) is 5.39. The van der Waals surface area contributed by atoms with Crippen molar-refractivity contribution in [3.8, 4) is 0 Å². The number of nitrogens with two attached hydrogens (primary N) is 1. The Labute approximate surface area is 129 Å². The molecule has 0 bridgehead atoms. The molecule has 1 aliphatic heterocycles. The fraction of sp³-hybridized carbons (Fsp3) is 0.643. The fourth-order valence-corrected chi connectivity index (χ4v) is 3.69. The number of thiophene rings is 1. The molecule has 2 heterocycles. The molecule has 0 spiro atoms. The molecule has 1 aromatic heterocycles. The Morgan fingerprint density at radius 1 is 1.55 bits per heavy atom. The van der Waals surface area contributed by atoms with E-state index in [-0.39, 0.29) is 5.91 Å². The number of halogens is 1. The first-order valence-electron chi connectivity index (χ1n) is 7.13. The van der Waals surface area contributed by atoms with E-state index in [0.717, 1.165) is 24.5 Å². The number of nitrogens with zero attached hydrogens (tertiary/aromatic N) is 1. The zero-order valence-electron chi connectivity index (χ0n) is 11.6. The molecule has 2 rings (SSSR count). The van der Waals surface area contributed by atoms with E-state index in [4.69, 9.17) is 17.3 Å². The van der Waals surface area contributed by atoms with Gasteiger partial charge in [0.25, 0.3) is 0 Å². The van der Waals surface area contributed by atoms with Crippen molar-refractivity contribution in [1.29, 1.82) is 0 Å². The van der Waals surface area contributed by atoms with Crippen LogP contribution in [0.2, 0.25) is 5.02 Å². The van der Waals surface area contributed by atoms with E-state index in [1.54, 1.807) is 11.3 Å². The Hall–Kier alpha value is -0.620. The number of hydrogen-bond donors (Lipinski definition) is 2. The van der Waals surface area contributed by atoms with Crippen LogP contribution in [-0.4, -0.2) is 36.5 Å². The van der Waals surface area contributed by atoms with Crippen molar-refractivity contribution in [2.24, 2.45) is 5.73 Å². The van der Waals surface area contributed by atoms with E-state index >= 15 is 0 Å². The molecule has 20 heavy (non-hydrogen) atoms. The van der Waals surface area contributed by atoms with Gasteiger partial charge in [0.05, 0.1) is 5.02 Å². The molecule has 1 aliphatic rings. The molecule has 4 nitrogen and oxygen atoms in total. The van der Waals surface area contributed by atoms with Crippen LogP contribution in [0.1, 0.15) is 30.6 Å². The van der Waals surface area contributed by atoms with Gasteiger partial charge in [0.2, 0.25) is 5.91 Å². The van der Waals surface area contributed by atoms with Crippen LogP contribution in [0.25, 0.3) is 0 Å². The summed E-state index contributed by atoms with van der Waals surface area (Å²) >= 11 is 7.88. The first-order valence-corrected chi connectivity index (χ1v) is 8.39. The van der Waals surface area contributed by atoms with Gasteiger partial charge in [0.15, 0.2) is 0 Å². The summed E-state index contributed by atoms with van der Waals surface area (Å²) in [4.78, 5) is 15.2. The molecule has 1 aromatic rings. The summed E-state index contributed by atoms with van der Waals surface area (Å²) in [6.07, 6.45) is 3.98. The van der Waals surface area contributed by atoms with Gasteiger partial charge in [-0.1, -0.05) is 18.0 Å². The monoisotopic (exact) mass is 315 g/mol. The summed E-state index contributed by atoms with van der Waals surface area (Å²) < 4.78 is 0. The van der Waals surface area contributed by atoms with Gasteiger partial charge in [-0.2, -0.15) is 0 Å². The van der Waals surface area contributed by atoms with Crippen LogP contribution in [0.15, 0.2) is 11.4 Å². The maximum absolute atomic E-state index is 11.5. The van der Waals surface area contributed by atoms with E-state index < -0.39 is 0 Å². The van der Waals surface area contributed by atoms with Gasteiger partial charge in [-0.15, -0.1) is 11.3 Å². The lowest BCUT2D eigenvalue weighted by Crippen LogP contribution is -2.46. The quantitative estimate of drug-likeness (QED) is 0.846. The van der Waals surface area contributed by atoms with Gasteiger partial charge in [-0.05, 0) is 30.8 Å². The minimum absolute atomic E-state index is 0.0483. The van der Waals surface area contributed by atoms with Gasteiger partial charge in [-0.3, -0.25) is 9.69 Å². The molecule has 0 aliphatic carbocycles.